The molecule has 8 nitrogen and oxygen atoms in total. The van der Waals surface area contributed by atoms with Crippen molar-refractivity contribution in [1.82, 2.24) is 0 Å². The molecule has 0 bridgehead atoms. The molecule has 0 spiro atoms. The highest BCUT2D eigenvalue weighted by atomic mass is 17.2. The molecule has 1 aliphatic rings. The van der Waals surface area contributed by atoms with Gasteiger partial charge in [0, 0.05) is 13.8 Å². The van der Waals surface area contributed by atoms with Crippen molar-refractivity contribution in [2.24, 2.45) is 17.8 Å². The summed E-state index contributed by atoms with van der Waals surface area (Å²) < 4.78 is 0. The van der Waals surface area contributed by atoms with Gasteiger partial charge in [-0.3, -0.25) is 0 Å². The molecular formula is C25H40O8. The molecule has 0 saturated carbocycles. The Hall–Kier alpha value is -2.38. The second kappa shape index (κ2) is 17.1. The van der Waals surface area contributed by atoms with Gasteiger partial charge in [-0.25, -0.2) is 38.7 Å². The van der Waals surface area contributed by atoms with Crippen molar-refractivity contribution >= 4 is 23.9 Å². The quantitative estimate of drug-likeness (QED) is 0.142. The van der Waals surface area contributed by atoms with Crippen molar-refractivity contribution in [3.05, 3.63) is 12.2 Å². The highest BCUT2D eigenvalue weighted by Crippen LogP contribution is 2.35. The minimum absolute atomic E-state index is 0.0682. The van der Waals surface area contributed by atoms with Crippen LogP contribution < -0.4 is 0 Å². The van der Waals surface area contributed by atoms with Gasteiger partial charge in [0.05, 0.1) is 12.3 Å². The van der Waals surface area contributed by atoms with E-state index in [0.29, 0.717) is 12.3 Å². The van der Waals surface area contributed by atoms with Gasteiger partial charge >= 0.3 is 23.9 Å². The minimum atomic E-state index is -0.655. The van der Waals surface area contributed by atoms with Gasteiger partial charge < -0.3 is 0 Å². The van der Waals surface area contributed by atoms with E-state index < -0.39 is 23.9 Å². The van der Waals surface area contributed by atoms with Gasteiger partial charge in [0.15, 0.2) is 0 Å². The number of hydrogen-bond donors (Lipinski definition) is 0. The van der Waals surface area contributed by atoms with Crippen LogP contribution in [0.5, 0.6) is 0 Å². The third-order valence-corrected chi connectivity index (χ3v) is 5.85. The molecule has 8 heteroatoms. The van der Waals surface area contributed by atoms with Gasteiger partial charge in [-0.15, -0.1) is 0 Å². The van der Waals surface area contributed by atoms with Gasteiger partial charge in [-0.05, 0) is 37.5 Å². The second-order valence-electron chi connectivity index (χ2n) is 8.81. The molecule has 188 valence electrons. The van der Waals surface area contributed by atoms with Crippen LogP contribution in [0, 0.1) is 17.8 Å². The third kappa shape index (κ3) is 13.7. The van der Waals surface area contributed by atoms with E-state index in [2.05, 4.69) is 33.7 Å². The lowest BCUT2D eigenvalue weighted by Crippen LogP contribution is -2.30. The van der Waals surface area contributed by atoms with Crippen LogP contribution in [0.2, 0.25) is 0 Å². The van der Waals surface area contributed by atoms with Crippen LogP contribution in [-0.4, -0.2) is 23.9 Å². The summed E-state index contributed by atoms with van der Waals surface area (Å²) >= 11 is 0. The molecule has 1 rings (SSSR count). The number of rotatable bonds is 14. The average Bonchev–Trinajstić information content (AvgIpc) is 2.78. The van der Waals surface area contributed by atoms with Crippen LogP contribution in [0.25, 0.3) is 0 Å². The Bertz CT molecular complexity index is 642. The zero-order chi connectivity index (χ0) is 24.5. The summed E-state index contributed by atoms with van der Waals surface area (Å²) in [7, 11) is 0. The van der Waals surface area contributed by atoms with Crippen LogP contribution in [0.4, 0.5) is 0 Å². The Morgan fingerprint density at radius 3 is 2.03 bits per heavy atom. The van der Waals surface area contributed by atoms with Crippen LogP contribution in [0.1, 0.15) is 104 Å². The molecule has 0 aromatic heterocycles. The smallest absolute Gasteiger partial charge is 0.248 e. The maximum Gasteiger partial charge on any atom is 0.359 e. The van der Waals surface area contributed by atoms with Crippen molar-refractivity contribution in [2.45, 2.75) is 104 Å². The first-order valence-corrected chi connectivity index (χ1v) is 12.3. The lowest BCUT2D eigenvalue weighted by molar-refractivity contribution is -0.261. The molecule has 0 aliphatic heterocycles. The van der Waals surface area contributed by atoms with E-state index in [9.17, 15) is 19.2 Å². The highest BCUT2D eigenvalue weighted by molar-refractivity contribution is 5.74. The normalized spacial score (nSPS) is 19.5. The van der Waals surface area contributed by atoms with E-state index in [1.54, 1.807) is 0 Å². The SMILES string of the molecule is CCCCCCC1C=CC(CCCCCCCC(=O)OOC(C)=O)C(C(=O)OOC(C)=O)C1. The number of allylic oxidation sites excluding steroid dienone is 2. The number of hydrogen-bond acceptors (Lipinski definition) is 8. The highest BCUT2D eigenvalue weighted by Gasteiger charge is 2.34. The fraction of sp³-hybridized carbons (Fsp3) is 0.760. The first-order valence-electron chi connectivity index (χ1n) is 12.3. The average molecular weight is 469 g/mol. The van der Waals surface area contributed by atoms with Gasteiger partial charge in [-0.1, -0.05) is 70.4 Å². The van der Waals surface area contributed by atoms with E-state index in [-0.39, 0.29) is 18.3 Å². The summed E-state index contributed by atoms with van der Waals surface area (Å²) in [6.07, 6.45) is 16.4. The zero-order valence-corrected chi connectivity index (χ0v) is 20.3. The summed E-state index contributed by atoms with van der Waals surface area (Å²) in [5.74, 6) is -2.20. The molecule has 0 fully saturated rings. The Kier molecular flexibility index (Phi) is 14.9. The number of carbonyl (C=O) groups excluding carboxylic acids is 4. The Labute approximate surface area is 197 Å². The van der Waals surface area contributed by atoms with E-state index in [4.69, 9.17) is 4.89 Å². The topological polar surface area (TPSA) is 105 Å². The van der Waals surface area contributed by atoms with E-state index in [0.717, 1.165) is 51.4 Å². The molecule has 0 aromatic carbocycles. The minimum Gasteiger partial charge on any atom is -0.248 e. The van der Waals surface area contributed by atoms with E-state index in [1.165, 1.54) is 33.1 Å². The van der Waals surface area contributed by atoms with Gasteiger partial charge in [0.2, 0.25) is 0 Å². The fourth-order valence-corrected chi connectivity index (χ4v) is 4.12. The van der Waals surface area contributed by atoms with E-state index >= 15 is 0 Å². The summed E-state index contributed by atoms with van der Waals surface area (Å²) in [5.41, 5.74) is 0. The molecule has 3 unspecified atom stereocenters. The molecule has 0 aromatic rings. The van der Waals surface area contributed by atoms with Crippen LogP contribution in [-0.2, 0) is 38.7 Å². The Balaban J connectivity index is 2.39. The molecule has 0 radical (unpaired) electrons. The Morgan fingerprint density at radius 1 is 0.727 bits per heavy atom. The first-order chi connectivity index (χ1) is 15.8. The predicted octanol–water partition coefficient (Wildman–Crippen LogP) is 5.54. The Morgan fingerprint density at radius 2 is 1.33 bits per heavy atom. The fourth-order valence-electron chi connectivity index (χ4n) is 4.12. The zero-order valence-electron chi connectivity index (χ0n) is 20.3. The molecule has 33 heavy (non-hydrogen) atoms. The maximum atomic E-state index is 12.6. The third-order valence-electron chi connectivity index (χ3n) is 5.85. The molecule has 1 aliphatic carbocycles. The molecular weight excluding hydrogens is 428 g/mol. The lowest BCUT2D eigenvalue weighted by Gasteiger charge is -2.30. The number of unbranched alkanes of at least 4 members (excludes halogenated alkanes) is 7. The molecule has 0 heterocycles. The largest absolute Gasteiger partial charge is 0.359 e. The van der Waals surface area contributed by atoms with Crippen LogP contribution in [0.3, 0.4) is 0 Å². The van der Waals surface area contributed by atoms with Crippen LogP contribution >= 0.6 is 0 Å². The second-order valence-corrected chi connectivity index (χ2v) is 8.81. The van der Waals surface area contributed by atoms with E-state index in [1.807, 2.05) is 0 Å². The maximum absolute atomic E-state index is 12.6. The summed E-state index contributed by atoms with van der Waals surface area (Å²) in [5, 5.41) is 0. The lowest BCUT2D eigenvalue weighted by atomic mass is 9.75. The van der Waals surface area contributed by atoms with Crippen LogP contribution in [0.15, 0.2) is 12.2 Å². The van der Waals surface area contributed by atoms with Crippen molar-refractivity contribution < 1.29 is 38.7 Å². The van der Waals surface area contributed by atoms with Crippen molar-refractivity contribution in [3.8, 4) is 0 Å². The summed E-state index contributed by atoms with van der Waals surface area (Å²) in [4.78, 5) is 63.4. The number of carbonyl (C=O) groups is 4. The molecule has 0 amide bonds. The summed E-state index contributed by atoms with van der Waals surface area (Å²) in [6, 6.07) is 0. The molecule has 0 N–H and O–H groups in total. The first kappa shape index (κ1) is 28.7. The molecule has 3 atom stereocenters. The van der Waals surface area contributed by atoms with Gasteiger partial charge in [-0.2, -0.15) is 0 Å². The standard InChI is InChI=1S/C25H40O8/c1-4-5-6-10-13-21-16-17-22(23(18-21)25(29)33-31-20(3)27)14-11-8-7-9-12-15-24(28)32-30-19(2)26/h16-17,21-23H,4-15,18H2,1-3H3. The molecule has 0 saturated heterocycles. The summed E-state index contributed by atoms with van der Waals surface area (Å²) in [6.45, 7) is 4.56. The van der Waals surface area contributed by atoms with Crippen molar-refractivity contribution in [3.63, 3.8) is 0 Å². The van der Waals surface area contributed by atoms with Crippen molar-refractivity contribution in [2.75, 3.05) is 0 Å². The van der Waals surface area contributed by atoms with Crippen molar-refractivity contribution in [1.29, 1.82) is 0 Å². The predicted molar refractivity (Wildman–Crippen MR) is 121 cm³/mol. The van der Waals surface area contributed by atoms with Gasteiger partial charge in [0.1, 0.15) is 0 Å². The monoisotopic (exact) mass is 468 g/mol. The van der Waals surface area contributed by atoms with Gasteiger partial charge in [0.25, 0.3) is 0 Å².